The molecule has 1 aromatic carbocycles. The summed E-state index contributed by atoms with van der Waals surface area (Å²) in [4.78, 5) is 0. The van der Waals surface area contributed by atoms with Crippen LogP contribution in [0.25, 0.3) is 0 Å². The van der Waals surface area contributed by atoms with E-state index in [9.17, 15) is 0 Å². The van der Waals surface area contributed by atoms with Crippen molar-refractivity contribution in [3.63, 3.8) is 0 Å². The molecular formula is C20H32O. The average Bonchev–Trinajstić information content (AvgIpc) is 2.42. The largest absolute Gasteiger partial charge is 0.488 e. The fourth-order valence-corrected chi connectivity index (χ4v) is 3.20. The molecule has 1 aromatic rings. The first-order chi connectivity index (χ1) is 9.84. The molecule has 0 radical (unpaired) electrons. The van der Waals surface area contributed by atoms with E-state index in [-0.39, 0.29) is 11.0 Å². The molecule has 0 saturated carbocycles. The van der Waals surface area contributed by atoms with Crippen LogP contribution in [-0.2, 0) is 11.8 Å². The van der Waals surface area contributed by atoms with Gasteiger partial charge < -0.3 is 4.74 Å². The Labute approximate surface area is 131 Å². The van der Waals surface area contributed by atoms with E-state index < -0.39 is 0 Å². The zero-order valence-electron chi connectivity index (χ0n) is 14.6. The van der Waals surface area contributed by atoms with Crippen molar-refractivity contribution < 1.29 is 4.74 Å². The second-order valence-corrected chi connectivity index (χ2v) is 7.88. The van der Waals surface area contributed by atoms with Crippen molar-refractivity contribution in [2.24, 2.45) is 0 Å². The van der Waals surface area contributed by atoms with Crippen LogP contribution in [0.1, 0.15) is 84.3 Å². The van der Waals surface area contributed by atoms with Crippen LogP contribution in [0.15, 0.2) is 18.2 Å². The Hall–Kier alpha value is -0.980. The highest BCUT2D eigenvalue weighted by atomic mass is 16.5. The quantitative estimate of drug-likeness (QED) is 0.580. The molecule has 0 fully saturated rings. The van der Waals surface area contributed by atoms with Crippen molar-refractivity contribution in [1.82, 2.24) is 0 Å². The number of unbranched alkanes of at least 4 members (excludes halogenated alkanes) is 3. The first kappa shape index (κ1) is 16.4. The second kappa shape index (κ2) is 6.42. The molecule has 0 bridgehead atoms. The lowest BCUT2D eigenvalue weighted by Crippen LogP contribution is -2.32. The molecule has 0 atom stereocenters. The van der Waals surface area contributed by atoms with Gasteiger partial charge in [-0.25, -0.2) is 0 Å². The van der Waals surface area contributed by atoms with Gasteiger partial charge in [-0.1, -0.05) is 58.6 Å². The minimum absolute atomic E-state index is 0.0170. The fourth-order valence-electron chi connectivity index (χ4n) is 3.20. The summed E-state index contributed by atoms with van der Waals surface area (Å²) >= 11 is 0. The first-order valence-corrected chi connectivity index (χ1v) is 8.66. The van der Waals surface area contributed by atoms with Gasteiger partial charge in [0.25, 0.3) is 0 Å². The molecule has 0 amide bonds. The van der Waals surface area contributed by atoms with E-state index in [1.54, 1.807) is 0 Å². The molecule has 2 rings (SSSR count). The van der Waals surface area contributed by atoms with Gasteiger partial charge in [0.05, 0.1) is 0 Å². The van der Waals surface area contributed by atoms with E-state index >= 15 is 0 Å². The zero-order valence-corrected chi connectivity index (χ0v) is 14.6. The SMILES string of the molecule is CCCCCCC(C)(C)c1ccc2c(c1)OC(C)(C)CC2. The van der Waals surface area contributed by atoms with Crippen molar-refractivity contribution in [2.75, 3.05) is 0 Å². The van der Waals surface area contributed by atoms with Crippen LogP contribution in [-0.4, -0.2) is 5.60 Å². The Balaban J connectivity index is 2.09. The number of fused-ring (bicyclic) bond motifs is 1. The Kier molecular flexibility index (Phi) is 5.01. The lowest BCUT2D eigenvalue weighted by atomic mass is 9.79. The van der Waals surface area contributed by atoms with E-state index in [2.05, 4.69) is 52.8 Å². The highest BCUT2D eigenvalue weighted by Gasteiger charge is 2.28. The van der Waals surface area contributed by atoms with Crippen LogP contribution in [0, 0.1) is 0 Å². The Morgan fingerprint density at radius 1 is 1.14 bits per heavy atom. The molecule has 0 spiro atoms. The summed E-state index contributed by atoms with van der Waals surface area (Å²) in [5.74, 6) is 1.12. The zero-order chi connectivity index (χ0) is 15.5. The predicted molar refractivity (Wildman–Crippen MR) is 91.3 cm³/mol. The van der Waals surface area contributed by atoms with Crippen LogP contribution in [0.5, 0.6) is 5.75 Å². The summed E-state index contributed by atoms with van der Waals surface area (Å²) in [6, 6.07) is 6.91. The maximum absolute atomic E-state index is 6.20. The molecule has 1 heteroatoms. The number of ether oxygens (including phenoxy) is 1. The molecule has 1 nitrogen and oxygen atoms in total. The normalized spacial score (nSPS) is 17.2. The van der Waals surface area contributed by atoms with Gasteiger partial charge in [0.15, 0.2) is 0 Å². The number of hydrogen-bond acceptors (Lipinski definition) is 1. The number of hydrogen-bond donors (Lipinski definition) is 0. The molecule has 0 N–H and O–H groups in total. The summed E-state index contributed by atoms with van der Waals surface area (Å²) in [7, 11) is 0. The summed E-state index contributed by atoms with van der Waals surface area (Å²) in [6.45, 7) is 11.4. The fraction of sp³-hybridized carbons (Fsp3) is 0.700. The molecule has 0 aliphatic carbocycles. The van der Waals surface area contributed by atoms with Crippen LogP contribution >= 0.6 is 0 Å². The molecule has 1 aliphatic rings. The van der Waals surface area contributed by atoms with E-state index in [1.807, 2.05) is 0 Å². The van der Waals surface area contributed by atoms with Crippen molar-refractivity contribution in [3.05, 3.63) is 29.3 Å². The Bertz CT molecular complexity index is 471. The van der Waals surface area contributed by atoms with Gasteiger partial charge >= 0.3 is 0 Å². The lowest BCUT2D eigenvalue weighted by Gasteiger charge is -2.34. The Morgan fingerprint density at radius 3 is 2.62 bits per heavy atom. The second-order valence-electron chi connectivity index (χ2n) is 7.88. The van der Waals surface area contributed by atoms with Gasteiger partial charge in [-0.3, -0.25) is 0 Å². The highest BCUT2D eigenvalue weighted by Crippen LogP contribution is 2.38. The molecular weight excluding hydrogens is 256 g/mol. The van der Waals surface area contributed by atoms with Crippen LogP contribution in [0.3, 0.4) is 0 Å². The van der Waals surface area contributed by atoms with Crippen LogP contribution < -0.4 is 4.74 Å². The topological polar surface area (TPSA) is 9.23 Å². The number of rotatable bonds is 6. The van der Waals surface area contributed by atoms with Crippen LogP contribution in [0.4, 0.5) is 0 Å². The summed E-state index contributed by atoms with van der Waals surface area (Å²) < 4.78 is 6.20. The minimum atomic E-state index is -0.0170. The molecule has 0 aromatic heterocycles. The van der Waals surface area contributed by atoms with Crippen molar-refractivity contribution >= 4 is 0 Å². The maximum Gasteiger partial charge on any atom is 0.123 e. The molecule has 0 unspecified atom stereocenters. The maximum atomic E-state index is 6.20. The monoisotopic (exact) mass is 288 g/mol. The molecule has 118 valence electrons. The van der Waals surface area contributed by atoms with E-state index in [1.165, 1.54) is 43.2 Å². The van der Waals surface area contributed by atoms with Gasteiger partial charge in [0.1, 0.15) is 11.4 Å². The summed E-state index contributed by atoms with van der Waals surface area (Å²) in [6.07, 6.45) is 8.85. The highest BCUT2D eigenvalue weighted by molar-refractivity contribution is 5.42. The Morgan fingerprint density at radius 2 is 1.90 bits per heavy atom. The van der Waals surface area contributed by atoms with Gasteiger partial charge in [0.2, 0.25) is 0 Å². The first-order valence-electron chi connectivity index (χ1n) is 8.66. The number of benzene rings is 1. The molecule has 1 aliphatic heterocycles. The lowest BCUT2D eigenvalue weighted by molar-refractivity contribution is 0.0844. The standard InChI is InChI=1S/C20H32O/c1-6-7-8-9-13-19(2,3)17-11-10-16-12-14-20(4,5)21-18(16)15-17/h10-11,15H,6-9,12-14H2,1-5H3. The van der Waals surface area contributed by atoms with Gasteiger partial charge in [-0.2, -0.15) is 0 Å². The summed E-state index contributed by atoms with van der Waals surface area (Å²) in [5.41, 5.74) is 3.03. The van der Waals surface area contributed by atoms with Crippen molar-refractivity contribution in [2.45, 2.75) is 90.6 Å². The van der Waals surface area contributed by atoms with E-state index in [0.717, 1.165) is 18.6 Å². The third kappa shape index (κ3) is 4.25. The van der Waals surface area contributed by atoms with Gasteiger partial charge in [-0.05, 0) is 55.7 Å². The average molecular weight is 288 g/mol. The van der Waals surface area contributed by atoms with E-state index in [0.29, 0.717) is 0 Å². The summed E-state index contributed by atoms with van der Waals surface area (Å²) in [5, 5.41) is 0. The minimum Gasteiger partial charge on any atom is -0.488 e. The van der Waals surface area contributed by atoms with Crippen LogP contribution in [0.2, 0.25) is 0 Å². The van der Waals surface area contributed by atoms with Gasteiger partial charge in [0, 0.05) is 0 Å². The third-order valence-electron chi connectivity index (χ3n) is 4.89. The third-order valence-corrected chi connectivity index (χ3v) is 4.89. The van der Waals surface area contributed by atoms with E-state index in [4.69, 9.17) is 4.74 Å². The van der Waals surface area contributed by atoms with Gasteiger partial charge in [-0.15, -0.1) is 0 Å². The smallest absolute Gasteiger partial charge is 0.123 e. The predicted octanol–water partition coefficient (Wildman–Crippen LogP) is 6.04. The molecule has 0 saturated heterocycles. The number of aryl methyl sites for hydroxylation is 1. The van der Waals surface area contributed by atoms with Crippen molar-refractivity contribution in [1.29, 1.82) is 0 Å². The van der Waals surface area contributed by atoms with Crippen molar-refractivity contribution in [3.8, 4) is 5.75 Å². The molecule has 21 heavy (non-hydrogen) atoms. The molecule has 1 heterocycles.